The first-order valence-corrected chi connectivity index (χ1v) is 11.8. The number of fused-ring (bicyclic) bond motifs is 1. The third-order valence-corrected chi connectivity index (χ3v) is 6.36. The fourth-order valence-corrected chi connectivity index (χ4v) is 4.37. The van der Waals surface area contributed by atoms with Gasteiger partial charge in [0.2, 0.25) is 5.91 Å². The van der Waals surface area contributed by atoms with E-state index in [2.05, 4.69) is 14.9 Å². The zero-order valence-corrected chi connectivity index (χ0v) is 20.5. The van der Waals surface area contributed by atoms with Crippen molar-refractivity contribution in [3.8, 4) is 11.5 Å². The standard InChI is InChI=1S/C25H31FN6O4/c1-35-22-14-18-21(15-23(22)36-2)28-16-29-25(18)32(17-3-4-19(26)20(27)13-17)6-5-24(34)31-9-7-30(8-10-31)11-12-33/h3-4,13-16,33H,5-12,27H2,1-2H3. The van der Waals surface area contributed by atoms with Crippen LogP contribution in [0.15, 0.2) is 36.7 Å². The fraction of sp³-hybridized carbons (Fsp3) is 0.400. The van der Waals surface area contributed by atoms with Gasteiger partial charge in [-0.3, -0.25) is 9.69 Å². The Kier molecular flexibility index (Phi) is 8.01. The molecular formula is C25H31FN6O4. The summed E-state index contributed by atoms with van der Waals surface area (Å²) in [6.45, 7) is 3.67. The predicted octanol–water partition coefficient (Wildman–Crippen LogP) is 2.03. The molecule has 0 aliphatic carbocycles. The van der Waals surface area contributed by atoms with Crippen LogP contribution in [0.3, 0.4) is 0 Å². The highest BCUT2D eigenvalue weighted by molar-refractivity contribution is 5.94. The maximum Gasteiger partial charge on any atom is 0.224 e. The molecule has 1 saturated heterocycles. The Morgan fingerprint density at radius 2 is 1.83 bits per heavy atom. The number of aliphatic hydroxyl groups is 1. The summed E-state index contributed by atoms with van der Waals surface area (Å²) in [4.78, 5) is 27.8. The van der Waals surface area contributed by atoms with Gasteiger partial charge in [0.05, 0.1) is 32.0 Å². The van der Waals surface area contributed by atoms with Crippen LogP contribution in [0.2, 0.25) is 0 Å². The Labute approximate surface area is 209 Å². The van der Waals surface area contributed by atoms with Crippen LogP contribution in [0.1, 0.15) is 6.42 Å². The number of hydrogen-bond donors (Lipinski definition) is 2. The lowest BCUT2D eigenvalue weighted by Crippen LogP contribution is -2.49. The Morgan fingerprint density at radius 3 is 2.50 bits per heavy atom. The van der Waals surface area contributed by atoms with E-state index in [-0.39, 0.29) is 24.6 Å². The minimum Gasteiger partial charge on any atom is -0.493 e. The second kappa shape index (κ2) is 11.4. The lowest BCUT2D eigenvalue weighted by atomic mass is 10.1. The van der Waals surface area contributed by atoms with E-state index >= 15 is 0 Å². The first-order valence-electron chi connectivity index (χ1n) is 11.8. The van der Waals surface area contributed by atoms with Crippen molar-refractivity contribution in [3.05, 3.63) is 42.5 Å². The van der Waals surface area contributed by atoms with Crippen molar-refractivity contribution in [3.63, 3.8) is 0 Å². The number of carbonyl (C=O) groups excluding carboxylic acids is 1. The van der Waals surface area contributed by atoms with E-state index < -0.39 is 5.82 Å². The fourth-order valence-electron chi connectivity index (χ4n) is 4.37. The molecular weight excluding hydrogens is 467 g/mol. The molecule has 36 heavy (non-hydrogen) atoms. The van der Waals surface area contributed by atoms with E-state index in [1.165, 1.54) is 18.5 Å². The van der Waals surface area contributed by atoms with E-state index in [0.29, 0.717) is 60.1 Å². The summed E-state index contributed by atoms with van der Waals surface area (Å²) in [5, 5.41) is 9.83. The van der Waals surface area contributed by atoms with Gasteiger partial charge >= 0.3 is 0 Å². The lowest BCUT2D eigenvalue weighted by molar-refractivity contribution is -0.132. The zero-order chi connectivity index (χ0) is 25.7. The number of benzene rings is 2. The second-order valence-electron chi connectivity index (χ2n) is 8.48. The number of anilines is 3. The third kappa shape index (κ3) is 5.42. The number of nitrogens with two attached hydrogens (primary N) is 1. The normalized spacial score (nSPS) is 14.2. The molecule has 3 aromatic rings. The van der Waals surface area contributed by atoms with Gasteiger partial charge in [-0.25, -0.2) is 14.4 Å². The van der Waals surface area contributed by atoms with Gasteiger partial charge in [0.15, 0.2) is 11.5 Å². The molecule has 2 heterocycles. The van der Waals surface area contributed by atoms with Gasteiger partial charge in [0.1, 0.15) is 18.0 Å². The molecule has 1 aliphatic rings. The number of amides is 1. The van der Waals surface area contributed by atoms with Gasteiger partial charge in [0.25, 0.3) is 0 Å². The molecule has 4 rings (SSSR count). The molecule has 0 bridgehead atoms. The van der Waals surface area contributed by atoms with Gasteiger partial charge in [-0.1, -0.05) is 0 Å². The quantitative estimate of drug-likeness (QED) is 0.427. The SMILES string of the molecule is COc1cc2ncnc(N(CCC(=O)N3CCN(CCO)CC3)c3ccc(F)c(N)c3)c2cc1OC. The number of nitrogens with zero attached hydrogens (tertiary/aromatic N) is 5. The molecule has 10 nitrogen and oxygen atoms in total. The summed E-state index contributed by atoms with van der Waals surface area (Å²) in [7, 11) is 3.10. The molecule has 1 aliphatic heterocycles. The molecule has 0 radical (unpaired) electrons. The number of ether oxygens (including phenoxy) is 2. The molecule has 1 aromatic heterocycles. The molecule has 11 heteroatoms. The van der Waals surface area contributed by atoms with Crippen molar-refractivity contribution < 1.29 is 23.8 Å². The average molecular weight is 499 g/mol. The highest BCUT2D eigenvalue weighted by atomic mass is 19.1. The summed E-state index contributed by atoms with van der Waals surface area (Å²) < 4.78 is 24.8. The Morgan fingerprint density at radius 1 is 1.11 bits per heavy atom. The second-order valence-corrected chi connectivity index (χ2v) is 8.48. The molecule has 1 fully saturated rings. The number of β-amino-alcohol motifs (C(OH)–C–C–N with tert-alkyl or cyclic N) is 1. The van der Waals surface area contributed by atoms with Crippen molar-refractivity contribution in [1.29, 1.82) is 0 Å². The van der Waals surface area contributed by atoms with Crippen molar-refractivity contribution in [2.75, 3.05) is 70.7 Å². The van der Waals surface area contributed by atoms with Gasteiger partial charge < -0.3 is 30.1 Å². The zero-order valence-electron chi connectivity index (χ0n) is 20.5. The summed E-state index contributed by atoms with van der Waals surface area (Å²) >= 11 is 0. The summed E-state index contributed by atoms with van der Waals surface area (Å²) in [6.07, 6.45) is 1.65. The number of rotatable bonds is 9. The molecule has 0 unspecified atom stereocenters. The lowest BCUT2D eigenvalue weighted by Gasteiger charge is -2.35. The molecule has 0 atom stereocenters. The van der Waals surface area contributed by atoms with Crippen LogP contribution in [0, 0.1) is 5.82 Å². The predicted molar refractivity (Wildman–Crippen MR) is 135 cm³/mol. The largest absolute Gasteiger partial charge is 0.493 e. The maximum atomic E-state index is 14.0. The van der Waals surface area contributed by atoms with Crippen LogP contribution < -0.4 is 20.1 Å². The number of nitrogen functional groups attached to an aromatic ring is 1. The maximum absolute atomic E-state index is 14.0. The number of aliphatic hydroxyl groups excluding tert-OH is 1. The Balaban J connectivity index is 1.65. The average Bonchev–Trinajstić information content (AvgIpc) is 2.90. The summed E-state index contributed by atoms with van der Waals surface area (Å²) in [5.41, 5.74) is 7.11. The smallest absolute Gasteiger partial charge is 0.224 e. The summed E-state index contributed by atoms with van der Waals surface area (Å²) in [5.74, 6) is 1.07. The monoisotopic (exact) mass is 498 g/mol. The number of halogens is 1. The van der Waals surface area contributed by atoms with E-state index in [4.69, 9.17) is 20.3 Å². The van der Waals surface area contributed by atoms with Crippen molar-refractivity contribution in [2.45, 2.75) is 6.42 Å². The van der Waals surface area contributed by atoms with Gasteiger partial charge in [-0.15, -0.1) is 0 Å². The van der Waals surface area contributed by atoms with Crippen LogP contribution in [-0.2, 0) is 4.79 Å². The van der Waals surface area contributed by atoms with Crippen LogP contribution in [0.5, 0.6) is 11.5 Å². The minimum absolute atomic E-state index is 0.00134. The number of hydrogen-bond acceptors (Lipinski definition) is 9. The summed E-state index contributed by atoms with van der Waals surface area (Å²) in [6, 6.07) is 7.98. The van der Waals surface area contributed by atoms with Gasteiger partial charge in [-0.05, 0) is 24.3 Å². The van der Waals surface area contributed by atoms with Crippen molar-refractivity contribution in [2.24, 2.45) is 0 Å². The van der Waals surface area contributed by atoms with Crippen LogP contribution in [0.4, 0.5) is 21.6 Å². The molecule has 1 amide bonds. The highest BCUT2D eigenvalue weighted by Gasteiger charge is 2.23. The van der Waals surface area contributed by atoms with E-state index in [1.807, 2.05) is 9.80 Å². The van der Waals surface area contributed by atoms with Crippen molar-refractivity contribution in [1.82, 2.24) is 19.8 Å². The topological polar surface area (TPSA) is 117 Å². The number of carbonyl (C=O) groups is 1. The molecule has 3 N–H and O–H groups in total. The molecule has 0 spiro atoms. The Hall–Kier alpha value is -3.70. The first kappa shape index (κ1) is 25.4. The highest BCUT2D eigenvalue weighted by Crippen LogP contribution is 2.37. The van der Waals surface area contributed by atoms with E-state index in [1.54, 1.807) is 32.4 Å². The van der Waals surface area contributed by atoms with Crippen LogP contribution in [0.25, 0.3) is 10.9 Å². The number of aromatic nitrogens is 2. The number of methoxy groups -OCH3 is 2. The Bertz CT molecular complexity index is 1220. The van der Waals surface area contributed by atoms with E-state index in [9.17, 15) is 9.18 Å². The molecule has 2 aromatic carbocycles. The van der Waals surface area contributed by atoms with Gasteiger partial charge in [-0.2, -0.15) is 0 Å². The molecule has 192 valence electrons. The van der Waals surface area contributed by atoms with E-state index in [0.717, 1.165) is 13.1 Å². The first-order chi connectivity index (χ1) is 17.4. The van der Waals surface area contributed by atoms with Crippen LogP contribution >= 0.6 is 0 Å². The van der Waals surface area contributed by atoms with Crippen LogP contribution in [-0.4, -0.2) is 90.9 Å². The number of piperazine rings is 1. The molecule has 0 saturated carbocycles. The van der Waals surface area contributed by atoms with Gasteiger partial charge in [0, 0.05) is 62.8 Å². The minimum atomic E-state index is -0.519. The third-order valence-electron chi connectivity index (χ3n) is 6.36. The van der Waals surface area contributed by atoms with Crippen molar-refractivity contribution >= 4 is 34.0 Å².